The number of benzene rings is 17. The first-order chi connectivity index (χ1) is 67.3. The lowest BCUT2D eigenvalue weighted by Gasteiger charge is -2.47. The number of hydrogen-bond acceptors (Lipinski definition) is 4. The molecule has 2 aliphatic heterocycles. The highest BCUT2D eigenvalue weighted by Gasteiger charge is 2.47. The summed E-state index contributed by atoms with van der Waals surface area (Å²) < 4.78 is 228. The minimum Gasteiger partial charge on any atom is -0.456 e. The molecule has 23 rings (SSSR count). The lowest BCUT2D eigenvalue weighted by molar-refractivity contribution is 0.590. The van der Waals surface area contributed by atoms with Crippen LogP contribution < -0.4 is 26.2 Å². The molecule has 0 unspecified atom stereocenters. The van der Waals surface area contributed by atoms with Gasteiger partial charge in [-0.3, -0.25) is 0 Å². The van der Waals surface area contributed by atoms with Gasteiger partial charge in [0.25, 0.3) is 6.71 Å². The van der Waals surface area contributed by atoms with Crippen LogP contribution in [0.3, 0.4) is 0 Å². The molecule has 21 aromatic rings. The average molecular weight is 1580 g/mol. The Bertz CT molecular complexity index is 8830. The van der Waals surface area contributed by atoms with Crippen LogP contribution in [0.5, 0.6) is 0 Å². The molecule has 121 heavy (non-hydrogen) atoms. The van der Waals surface area contributed by atoms with Crippen LogP contribution in [0.4, 0.5) is 34.1 Å². The van der Waals surface area contributed by atoms with E-state index >= 15 is 0 Å². The molecule has 0 saturated heterocycles. The zero-order chi connectivity index (χ0) is 98.9. The van der Waals surface area contributed by atoms with E-state index in [1.807, 2.05) is 192 Å². The van der Waals surface area contributed by atoms with Crippen molar-refractivity contribution in [1.82, 2.24) is 9.13 Å². The molecule has 6 nitrogen and oxygen atoms in total. The van der Waals surface area contributed by atoms with Gasteiger partial charge in [-0.05, 0) is 209 Å². The molecule has 0 N–H and O–H groups in total. The third-order valence-corrected chi connectivity index (χ3v) is 24.3. The molecular formula is C114H87BN4O2. The molecule has 0 amide bonds. The van der Waals surface area contributed by atoms with Gasteiger partial charge in [-0.2, -0.15) is 0 Å². The molecule has 6 heterocycles. The number of aromatic nitrogens is 2. The number of rotatable bonds is 10. The van der Waals surface area contributed by atoms with Crippen LogP contribution in [0.1, 0.15) is 106 Å². The van der Waals surface area contributed by atoms with Crippen molar-refractivity contribution in [3.63, 3.8) is 0 Å². The number of hydrogen-bond donors (Lipinski definition) is 0. The van der Waals surface area contributed by atoms with Gasteiger partial charge in [-0.25, -0.2) is 0 Å². The smallest absolute Gasteiger partial charge is 0.252 e. The Morgan fingerprint density at radius 3 is 1.15 bits per heavy atom. The van der Waals surface area contributed by atoms with Crippen molar-refractivity contribution in [3.05, 3.63) is 380 Å². The first-order valence-electron chi connectivity index (χ1n) is 50.9. The maximum absolute atomic E-state index is 12.1. The van der Waals surface area contributed by atoms with Crippen LogP contribution >= 0.6 is 0 Å². The fourth-order valence-electron chi connectivity index (χ4n) is 18.2. The zero-order valence-corrected chi connectivity index (χ0v) is 67.8. The maximum atomic E-state index is 12.1. The Balaban J connectivity index is 0.934. The van der Waals surface area contributed by atoms with Crippen molar-refractivity contribution >= 4 is 145 Å². The predicted molar refractivity (Wildman–Crippen MR) is 512 cm³/mol. The van der Waals surface area contributed by atoms with Gasteiger partial charge in [0.2, 0.25) is 0 Å². The summed E-state index contributed by atoms with van der Waals surface area (Å²) in [5.74, 6) is 0. The van der Waals surface area contributed by atoms with Gasteiger partial charge in [0, 0.05) is 105 Å². The number of nitrogens with zero attached hydrogens (tertiary/aromatic N) is 4. The van der Waals surface area contributed by atoms with E-state index in [9.17, 15) is 27.4 Å². The Morgan fingerprint density at radius 1 is 0.273 bits per heavy atom. The summed E-state index contributed by atoms with van der Waals surface area (Å²) in [6.45, 7) is 17.2. The van der Waals surface area contributed by atoms with E-state index in [2.05, 4.69) is 86.6 Å². The fourth-order valence-corrected chi connectivity index (χ4v) is 18.2. The molecule has 4 aromatic heterocycles. The standard InChI is InChI=1S/C114H87BN4O2/c1-112(2,3)77-62-88(70-31-14-10-15-32-70)109(89(63-77)71-33-16-11-17-34-71)118-101-68-80(116-97-45-26-22-39-83(97)92-59-74(49-56-99(92)116)75-51-58-107-94(60-75)86-42-25-28-47-105(86)120-107)52-54-95(101)115-96-55-53-81(117-98-46-27-23-40-84(98)93-61-76(50-57-100(93)117)82-43-30-44-87-85-41-24-29-48-106(85)121-111(82)87)69-102(96)119(104-67-79(114(7,8)9)66-103(118)108(104)115)110-90(72-35-18-12-19-36-72)64-78(113(4,5)6)65-91(110)73-37-20-13-21-38-73/h10-69H,1-9H3/i22D,23D,26D,27D,39D,40D,45D,46D,49D,50D,52D,53D,54D,55D,56D,57D,59D,61D,68D,69D. The molecule has 2 aliphatic rings. The monoisotopic (exact) mass is 1570 g/mol. The van der Waals surface area contributed by atoms with Gasteiger partial charge in [0.15, 0.2) is 0 Å². The van der Waals surface area contributed by atoms with E-state index in [0.29, 0.717) is 111 Å². The van der Waals surface area contributed by atoms with Gasteiger partial charge < -0.3 is 27.8 Å². The van der Waals surface area contributed by atoms with Crippen molar-refractivity contribution < 1.29 is 36.2 Å². The highest BCUT2D eigenvalue weighted by atomic mass is 16.3. The molecule has 0 radical (unpaired) electrons. The van der Waals surface area contributed by atoms with Crippen molar-refractivity contribution in [2.24, 2.45) is 0 Å². The Kier molecular flexibility index (Phi) is 12.0. The molecule has 0 bridgehead atoms. The second-order valence-corrected chi connectivity index (χ2v) is 34.7. The van der Waals surface area contributed by atoms with E-state index in [1.165, 1.54) is 9.13 Å². The van der Waals surface area contributed by atoms with E-state index in [4.69, 9.17) is 8.83 Å². The highest BCUT2D eigenvalue weighted by Crippen LogP contribution is 2.56. The second-order valence-electron chi connectivity index (χ2n) is 34.7. The van der Waals surface area contributed by atoms with Crippen LogP contribution in [-0.2, 0) is 16.2 Å². The molecule has 7 heteroatoms. The molecule has 0 spiro atoms. The lowest BCUT2D eigenvalue weighted by atomic mass is 9.33. The number of para-hydroxylation sites is 5. The minimum atomic E-state index is -1.66. The van der Waals surface area contributed by atoms with E-state index < -0.39 is 155 Å². The van der Waals surface area contributed by atoms with Gasteiger partial charge in [0.1, 0.15) is 22.3 Å². The second kappa shape index (κ2) is 27.1. The predicted octanol–water partition coefficient (Wildman–Crippen LogP) is 29.7. The minimum absolute atomic E-state index is 0.0742. The van der Waals surface area contributed by atoms with Crippen LogP contribution in [-0.4, -0.2) is 15.8 Å². The lowest BCUT2D eigenvalue weighted by Crippen LogP contribution is -2.61. The van der Waals surface area contributed by atoms with Crippen LogP contribution in [0, 0.1) is 0 Å². The summed E-state index contributed by atoms with van der Waals surface area (Å²) in [6, 6.07) is 63.9. The van der Waals surface area contributed by atoms with E-state index in [-0.39, 0.29) is 88.2 Å². The SMILES string of the molecule is [2H]c1c([2H])c(-n2c3c([2H])c([2H])c([2H])c([2H])c3c3c([2H])c(-c4ccc5oc6ccccc6c5c4)c([2H])c([2H])c32)c([2H])c2c1B1c3c(cc(C(C)(C)C)cc3N(c3c(-c4ccccc4)cc(C(C)(C)C)cc3-c3ccccc3)c3c([2H])c(-n4c5c([2H])c([2H])c([2H])c([2H])c5c5c([2H])c(-c6cccc7c6oc6ccccc67)c([2H])c([2H])c54)c([2H])c([2H])c31)N2c1c(-c2ccccc2)cc(C(C)(C)C)cc1-c1ccccc1. The summed E-state index contributed by atoms with van der Waals surface area (Å²) in [5.41, 5.74) is 6.50. The van der Waals surface area contributed by atoms with Crippen molar-refractivity contribution in [1.29, 1.82) is 0 Å². The number of fused-ring (bicyclic) bond motifs is 16. The van der Waals surface area contributed by atoms with Crippen molar-refractivity contribution in [3.8, 4) is 78.1 Å². The van der Waals surface area contributed by atoms with Gasteiger partial charge in [0.05, 0.1) is 60.9 Å². The Labute approximate surface area is 733 Å². The van der Waals surface area contributed by atoms with E-state index in [0.717, 1.165) is 21.9 Å². The first-order valence-corrected chi connectivity index (χ1v) is 40.9. The molecular weight excluding hydrogens is 1470 g/mol. The summed E-state index contributed by atoms with van der Waals surface area (Å²) >= 11 is 0. The number of furan rings is 2. The molecule has 17 aromatic carbocycles. The topological polar surface area (TPSA) is 42.6 Å². The summed E-state index contributed by atoms with van der Waals surface area (Å²) in [5, 5.41) is 1.71. The van der Waals surface area contributed by atoms with Crippen LogP contribution in [0.2, 0.25) is 0 Å². The number of anilines is 6. The van der Waals surface area contributed by atoms with Gasteiger partial charge in [-0.15, -0.1) is 0 Å². The third-order valence-electron chi connectivity index (χ3n) is 24.3. The van der Waals surface area contributed by atoms with Crippen molar-refractivity contribution in [2.45, 2.75) is 78.6 Å². The largest absolute Gasteiger partial charge is 0.456 e. The normalized spacial score (nSPS) is 15.3. The summed E-state index contributed by atoms with van der Waals surface area (Å²) in [6.07, 6.45) is 0. The maximum Gasteiger partial charge on any atom is 0.252 e. The van der Waals surface area contributed by atoms with Crippen LogP contribution in [0.15, 0.2) is 372 Å². The molecule has 0 aliphatic carbocycles. The molecule has 0 atom stereocenters. The fraction of sp³-hybridized carbons (Fsp3) is 0.105. The Morgan fingerprint density at radius 2 is 0.669 bits per heavy atom. The average Bonchev–Trinajstić information content (AvgIpc) is 1.12. The van der Waals surface area contributed by atoms with Crippen molar-refractivity contribution in [2.75, 3.05) is 9.80 Å². The van der Waals surface area contributed by atoms with Crippen LogP contribution in [0.25, 0.3) is 166 Å². The summed E-state index contributed by atoms with van der Waals surface area (Å²) in [4.78, 5) is 3.88. The Hall–Kier alpha value is -14.4. The molecule has 578 valence electrons. The van der Waals surface area contributed by atoms with Gasteiger partial charge >= 0.3 is 0 Å². The zero-order valence-electron chi connectivity index (χ0n) is 87.8. The van der Waals surface area contributed by atoms with Gasteiger partial charge in [-0.1, -0.05) is 305 Å². The third kappa shape index (κ3) is 11.5. The molecule has 0 fully saturated rings. The van der Waals surface area contributed by atoms with E-state index in [1.54, 1.807) is 36.4 Å². The quantitative estimate of drug-likeness (QED) is 0.128. The summed E-state index contributed by atoms with van der Waals surface area (Å²) in [7, 11) is 0. The first kappa shape index (κ1) is 53.8. The molecule has 0 saturated carbocycles. The highest BCUT2D eigenvalue weighted by molar-refractivity contribution is 7.00.